The van der Waals surface area contributed by atoms with E-state index in [0.717, 1.165) is 12.5 Å². The van der Waals surface area contributed by atoms with Crippen LogP contribution in [0.15, 0.2) is 18.2 Å². The molecule has 0 amide bonds. The number of alkyl halides is 3. The maximum Gasteiger partial charge on any atom is 0.418 e. The van der Waals surface area contributed by atoms with E-state index in [-0.39, 0.29) is 11.7 Å². The molecule has 1 aromatic rings. The normalized spacial score (nSPS) is 13.6. The highest BCUT2D eigenvalue weighted by molar-refractivity contribution is 5.58. The number of benzene rings is 1. The minimum Gasteiger partial charge on any atom is -0.398 e. The lowest BCUT2D eigenvalue weighted by atomic mass is 10.1. The van der Waals surface area contributed by atoms with Gasteiger partial charge < -0.3 is 11.1 Å². The van der Waals surface area contributed by atoms with Gasteiger partial charge in [-0.25, -0.2) is 0 Å². The van der Waals surface area contributed by atoms with Crippen LogP contribution in [0.2, 0.25) is 0 Å². The number of nitrogens with two attached hydrogens (primary N) is 1. The highest BCUT2D eigenvalue weighted by Gasteiger charge is 2.33. The van der Waals surface area contributed by atoms with Crippen molar-refractivity contribution in [2.24, 2.45) is 0 Å². The SMILES string of the molecule is CCC(C)Nc1ccc(N)c(C(F)(F)F)c1. The summed E-state index contributed by atoms with van der Waals surface area (Å²) in [6.45, 7) is 3.86. The molecule has 0 aliphatic rings. The summed E-state index contributed by atoms with van der Waals surface area (Å²) >= 11 is 0. The van der Waals surface area contributed by atoms with Crippen molar-refractivity contribution in [1.29, 1.82) is 0 Å². The van der Waals surface area contributed by atoms with Gasteiger partial charge in [-0.2, -0.15) is 13.2 Å². The fourth-order valence-corrected chi connectivity index (χ4v) is 1.28. The Morgan fingerprint density at radius 2 is 2.00 bits per heavy atom. The summed E-state index contributed by atoms with van der Waals surface area (Å²) < 4.78 is 37.6. The molecule has 0 radical (unpaired) electrons. The van der Waals surface area contributed by atoms with Crippen molar-refractivity contribution >= 4 is 11.4 Å². The van der Waals surface area contributed by atoms with Crippen molar-refractivity contribution in [3.8, 4) is 0 Å². The first-order valence-electron chi connectivity index (χ1n) is 5.08. The third-order valence-corrected chi connectivity index (χ3v) is 2.38. The number of nitrogens with one attached hydrogen (secondary N) is 1. The predicted octanol–water partition coefficient (Wildman–Crippen LogP) is 3.50. The molecule has 1 rings (SSSR count). The maximum atomic E-state index is 12.5. The zero-order valence-electron chi connectivity index (χ0n) is 9.23. The van der Waals surface area contributed by atoms with Crippen LogP contribution in [0, 0.1) is 0 Å². The summed E-state index contributed by atoms with van der Waals surface area (Å²) in [6, 6.07) is 4.00. The molecule has 1 atom stereocenters. The quantitative estimate of drug-likeness (QED) is 0.783. The minimum atomic E-state index is -4.41. The molecule has 0 saturated carbocycles. The van der Waals surface area contributed by atoms with Gasteiger partial charge in [-0.15, -0.1) is 0 Å². The predicted molar refractivity (Wildman–Crippen MR) is 59.2 cm³/mol. The molecule has 0 fully saturated rings. The Balaban J connectivity index is 2.99. The molecule has 1 aromatic carbocycles. The molecule has 16 heavy (non-hydrogen) atoms. The van der Waals surface area contributed by atoms with E-state index in [0.29, 0.717) is 5.69 Å². The lowest BCUT2D eigenvalue weighted by molar-refractivity contribution is -0.136. The molecule has 0 aromatic heterocycles. The molecular formula is C11H15F3N2. The van der Waals surface area contributed by atoms with E-state index >= 15 is 0 Å². The topological polar surface area (TPSA) is 38.0 Å². The van der Waals surface area contributed by atoms with Gasteiger partial charge in [0, 0.05) is 17.4 Å². The molecular weight excluding hydrogens is 217 g/mol. The Bertz CT molecular complexity index is 361. The average molecular weight is 232 g/mol. The monoisotopic (exact) mass is 232 g/mol. The summed E-state index contributed by atoms with van der Waals surface area (Å²) in [7, 11) is 0. The Morgan fingerprint density at radius 1 is 1.38 bits per heavy atom. The number of hydrogen-bond donors (Lipinski definition) is 2. The van der Waals surface area contributed by atoms with Gasteiger partial charge in [0.2, 0.25) is 0 Å². The second-order valence-electron chi connectivity index (χ2n) is 3.75. The second kappa shape index (κ2) is 4.63. The van der Waals surface area contributed by atoms with E-state index in [2.05, 4.69) is 5.32 Å². The summed E-state index contributed by atoms with van der Waals surface area (Å²) in [5.41, 5.74) is 4.69. The zero-order valence-corrected chi connectivity index (χ0v) is 9.23. The van der Waals surface area contributed by atoms with Crippen LogP contribution >= 0.6 is 0 Å². The molecule has 5 heteroatoms. The third-order valence-electron chi connectivity index (χ3n) is 2.38. The Hall–Kier alpha value is -1.39. The fourth-order valence-electron chi connectivity index (χ4n) is 1.28. The molecule has 3 N–H and O–H groups in total. The molecule has 0 heterocycles. The molecule has 0 saturated heterocycles. The molecule has 0 aliphatic heterocycles. The third kappa shape index (κ3) is 3.05. The van der Waals surface area contributed by atoms with Crippen molar-refractivity contribution < 1.29 is 13.2 Å². The van der Waals surface area contributed by atoms with Crippen molar-refractivity contribution in [2.45, 2.75) is 32.5 Å². The number of rotatable bonds is 3. The largest absolute Gasteiger partial charge is 0.418 e. The van der Waals surface area contributed by atoms with Crippen LogP contribution in [0.1, 0.15) is 25.8 Å². The van der Waals surface area contributed by atoms with E-state index in [9.17, 15) is 13.2 Å². The van der Waals surface area contributed by atoms with E-state index in [1.807, 2.05) is 13.8 Å². The van der Waals surface area contributed by atoms with E-state index in [4.69, 9.17) is 5.73 Å². The highest BCUT2D eigenvalue weighted by atomic mass is 19.4. The van der Waals surface area contributed by atoms with Crippen molar-refractivity contribution in [3.63, 3.8) is 0 Å². The first-order valence-corrected chi connectivity index (χ1v) is 5.08. The standard InChI is InChI=1S/C11H15F3N2/c1-3-7(2)16-8-4-5-10(15)9(6-8)11(12,13)14/h4-7,16H,3,15H2,1-2H3. The van der Waals surface area contributed by atoms with E-state index in [1.165, 1.54) is 6.07 Å². The van der Waals surface area contributed by atoms with Gasteiger partial charge in [-0.1, -0.05) is 6.92 Å². The second-order valence-corrected chi connectivity index (χ2v) is 3.75. The summed E-state index contributed by atoms with van der Waals surface area (Å²) in [5.74, 6) is 0. The molecule has 0 bridgehead atoms. The molecule has 90 valence electrons. The van der Waals surface area contributed by atoms with Gasteiger partial charge >= 0.3 is 6.18 Å². The summed E-state index contributed by atoms with van der Waals surface area (Å²) in [4.78, 5) is 0. The lowest BCUT2D eigenvalue weighted by Crippen LogP contribution is -2.15. The van der Waals surface area contributed by atoms with Crippen LogP contribution in [0.5, 0.6) is 0 Å². The Labute approximate surface area is 92.6 Å². The van der Waals surface area contributed by atoms with Crippen LogP contribution in [0.25, 0.3) is 0 Å². The number of halogens is 3. The first kappa shape index (κ1) is 12.7. The average Bonchev–Trinajstić information content (AvgIpc) is 2.19. The molecule has 0 spiro atoms. The van der Waals surface area contributed by atoms with Crippen LogP contribution in [0.3, 0.4) is 0 Å². The van der Waals surface area contributed by atoms with Gasteiger partial charge in [0.05, 0.1) is 5.56 Å². The smallest absolute Gasteiger partial charge is 0.398 e. The first-order chi connectivity index (χ1) is 7.34. The van der Waals surface area contributed by atoms with Crippen molar-refractivity contribution in [3.05, 3.63) is 23.8 Å². The van der Waals surface area contributed by atoms with Gasteiger partial charge in [0.1, 0.15) is 0 Å². The zero-order chi connectivity index (χ0) is 12.3. The molecule has 0 aliphatic carbocycles. The summed E-state index contributed by atoms with van der Waals surface area (Å²) in [6.07, 6.45) is -3.57. The van der Waals surface area contributed by atoms with Gasteiger partial charge in [0.25, 0.3) is 0 Å². The van der Waals surface area contributed by atoms with Gasteiger partial charge in [-0.3, -0.25) is 0 Å². The van der Waals surface area contributed by atoms with Crippen LogP contribution < -0.4 is 11.1 Å². The number of anilines is 2. The van der Waals surface area contributed by atoms with Gasteiger partial charge in [-0.05, 0) is 31.5 Å². The Morgan fingerprint density at radius 3 is 2.50 bits per heavy atom. The highest BCUT2D eigenvalue weighted by Crippen LogP contribution is 2.35. The lowest BCUT2D eigenvalue weighted by Gasteiger charge is -2.16. The van der Waals surface area contributed by atoms with Crippen LogP contribution in [-0.4, -0.2) is 6.04 Å². The molecule has 2 nitrogen and oxygen atoms in total. The Kier molecular flexibility index (Phi) is 3.67. The van der Waals surface area contributed by atoms with Gasteiger partial charge in [0.15, 0.2) is 0 Å². The van der Waals surface area contributed by atoms with Crippen LogP contribution in [-0.2, 0) is 6.18 Å². The fraction of sp³-hybridized carbons (Fsp3) is 0.455. The summed E-state index contributed by atoms with van der Waals surface area (Å²) in [5, 5.41) is 2.98. The van der Waals surface area contributed by atoms with E-state index in [1.54, 1.807) is 6.07 Å². The molecule has 1 unspecified atom stereocenters. The van der Waals surface area contributed by atoms with Crippen LogP contribution in [0.4, 0.5) is 24.5 Å². The van der Waals surface area contributed by atoms with E-state index < -0.39 is 11.7 Å². The maximum absolute atomic E-state index is 12.5. The van der Waals surface area contributed by atoms with Crippen molar-refractivity contribution in [1.82, 2.24) is 0 Å². The minimum absolute atomic E-state index is 0.129. The van der Waals surface area contributed by atoms with Crippen molar-refractivity contribution in [2.75, 3.05) is 11.1 Å². The number of nitrogen functional groups attached to an aromatic ring is 1. The number of hydrogen-bond acceptors (Lipinski definition) is 2.